The van der Waals surface area contributed by atoms with Crippen molar-refractivity contribution in [2.45, 2.75) is 51.7 Å². The Kier molecular flexibility index (Phi) is 5.25. The minimum atomic E-state index is 0.311. The largest absolute Gasteiger partial charge is 0.457 e. The number of epoxide rings is 1. The Labute approximate surface area is 145 Å². The van der Waals surface area contributed by atoms with Crippen molar-refractivity contribution in [2.24, 2.45) is 11.8 Å². The predicted octanol–water partition coefficient (Wildman–Crippen LogP) is 6.08. The highest BCUT2D eigenvalue weighted by Crippen LogP contribution is 2.50. The molecule has 2 nitrogen and oxygen atoms in total. The number of ether oxygens (including phenoxy) is 2. The molecule has 0 spiro atoms. The first kappa shape index (κ1) is 17.0. The first-order valence-corrected chi connectivity index (χ1v) is 9.02. The molecule has 1 saturated heterocycles. The molecule has 0 N–H and O–H groups in total. The molecule has 2 aromatic carbocycles. The maximum absolute atomic E-state index is 5.65. The van der Waals surface area contributed by atoms with Crippen LogP contribution in [0.25, 0.3) is 0 Å². The standard InChI is InChI=1S/C12H10O.C10H18O/c1-3-7-11(8-4-1)13-12-9-5-2-6-10-12;1-7(2)8-4-5-10(3)9(6-8)11-10/h1-10H;7-9H,4-6H2,1-3H3. The highest BCUT2D eigenvalue weighted by atomic mass is 16.6. The third-order valence-corrected chi connectivity index (χ3v) is 5.23. The molecule has 3 unspecified atom stereocenters. The fourth-order valence-corrected chi connectivity index (χ4v) is 3.39. The molecular formula is C22H28O2. The lowest BCUT2D eigenvalue weighted by Crippen LogP contribution is -2.24. The van der Waals surface area contributed by atoms with Crippen LogP contribution in [-0.4, -0.2) is 11.7 Å². The second kappa shape index (κ2) is 7.40. The van der Waals surface area contributed by atoms with Crippen molar-refractivity contribution in [1.82, 2.24) is 0 Å². The van der Waals surface area contributed by atoms with Crippen LogP contribution in [0.5, 0.6) is 11.5 Å². The molecule has 1 aliphatic heterocycles. The number of hydrogen-bond acceptors (Lipinski definition) is 2. The van der Waals surface area contributed by atoms with Crippen LogP contribution in [0.15, 0.2) is 60.7 Å². The van der Waals surface area contributed by atoms with Crippen molar-refractivity contribution in [1.29, 1.82) is 0 Å². The lowest BCUT2D eigenvalue weighted by molar-refractivity contribution is 0.275. The molecule has 2 aromatic rings. The number of benzene rings is 2. The van der Waals surface area contributed by atoms with Gasteiger partial charge < -0.3 is 9.47 Å². The number of hydrogen-bond donors (Lipinski definition) is 0. The molecule has 2 aliphatic rings. The predicted molar refractivity (Wildman–Crippen MR) is 98.4 cm³/mol. The van der Waals surface area contributed by atoms with Gasteiger partial charge in [-0.15, -0.1) is 0 Å². The molecule has 24 heavy (non-hydrogen) atoms. The van der Waals surface area contributed by atoms with Gasteiger partial charge in [-0.3, -0.25) is 0 Å². The molecule has 0 bridgehead atoms. The van der Waals surface area contributed by atoms with Crippen molar-refractivity contribution < 1.29 is 9.47 Å². The van der Waals surface area contributed by atoms with Crippen LogP contribution in [0.4, 0.5) is 0 Å². The van der Waals surface area contributed by atoms with Crippen molar-refractivity contribution in [3.63, 3.8) is 0 Å². The van der Waals surface area contributed by atoms with E-state index in [9.17, 15) is 0 Å². The van der Waals surface area contributed by atoms with Crippen LogP contribution >= 0.6 is 0 Å². The van der Waals surface area contributed by atoms with E-state index in [2.05, 4.69) is 20.8 Å². The van der Waals surface area contributed by atoms with Gasteiger partial charge in [0.2, 0.25) is 0 Å². The summed E-state index contributed by atoms with van der Waals surface area (Å²) in [4.78, 5) is 0. The van der Waals surface area contributed by atoms with Crippen LogP contribution in [0, 0.1) is 11.8 Å². The van der Waals surface area contributed by atoms with Crippen LogP contribution < -0.4 is 4.74 Å². The smallest absolute Gasteiger partial charge is 0.127 e. The SMILES string of the molecule is CC(C)C1CCC2(C)OC2C1.c1ccc(Oc2ccccc2)cc1. The van der Waals surface area contributed by atoms with E-state index in [1.807, 2.05) is 60.7 Å². The Hall–Kier alpha value is -1.80. The summed E-state index contributed by atoms with van der Waals surface area (Å²) >= 11 is 0. The molecule has 1 heterocycles. The van der Waals surface area contributed by atoms with E-state index in [4.69, 9.17) is 9.47 Å². The lowest BCUT2D eigenvalue weighted by atomic mass is 9.78. The van der Waals surface area contributed by atoms with E-state index in [-0.39, 0.29) is 0 Å². The Bertz CT molecular complexity index is 585. The zero-order chi connectivity index (χ0) is 17.0. The van der Waals surface area contributed by atoms with Gasteiger partial charge in [-0.05, 0) is 62.3 Å². The Morgan fingerprint density at radius 2 is 1.50 bits per heavy atom. The van der Waals surface area contributed by atoms with Crippen LogP contribution in [0.1, 0.15) is 40.0 Å². The second-order valence-corrected chi connectivity index (χ2v) is 7.43. The van der Waals surface area contributed by atoms with Crippen molar-refractivity contribution in [3.8, 4) is 11.5 Å². The summed E-state index contributed by atoms with van der Waals surface area (Å²) in [5, 5.41) is 0. The molecule has 1 aliphatic carbocycles. The van der Waals surface area contributed by atoms with Crippen molar-refractivity contribution >= 4 is 0 Å². The van der Waals surface area contributed by atoms with E-state index in [0.29, 0.717) is 11.7 Å². The molecule has 4 rings (SSSR count). The lowest BCUT2D eigenvalue weighted by Gasteiger charge is -2.25. The first-order chi connectivity index (χ1) is 11.6. The van der Waals surface area contributed by atoms with E-state index in [0.717, 1.165) is 23.3 Å². The molecule has 0 radical (unpaired) electrons. The fraction of sp³-hybridized carbons (Fsp3) is 0.455. The normalized spacial score (nSPS) is 27.7. The average Bonchev–Trinajstić information content (AvgIpc) is 3.28. The van der Waals surface area contributed by atoms with Crippen LogP contribution in [0.2, 0.25) is 0 Å². The van der Waals surface area contributed by atoms with Gasteiger partial charge in [0.05, 0.1) is 11.7 Å². The summed E-state index contributed by atoms with van der Waals surface area (Å²) < 4.78 is 11.2. The molecule has 1 saturated carbocycles. The number of fused-ring (bicyclic) bond motifs is 1. The van der Waals surface area contributed by atoms with E-state index in [1.54, 1.807) is 0 Å². The summed E-state index contributed by atoms with van der Waals surface area (Å²) in [6, 6.07) is 19.5. The topological polar surface area (TPSA) is 21.8 Å². The molecule has 0 amide bonds. The zero-order valence-corrected chi connectivity index (χ0v) is 14.9. The monoisotopic (exact) mass is 324 g/mol. The number of para-hydroxylation sites is 2. The summed E-state index contributed by atoms with van der Waals surface area (Å²) in [6.07, 6.45) is 4.60. The minimum absolute atomic E-state index is 0.311. The summed E-state index contributed by atoms with van der Waals surface area (Å²) in [5.74, 6) is 3.52. The van der Waals surface area contributed by atoms with Gasteiger partial charge in [0.15, 0.2) is 0 Å². The van der Waals surface area contributed by atoms with Gasteiger partial charge in [0, 0.05) is 0 Å². The van der Waals surface area contributed by atoms with Gasteiger partial charge in [0.25, 0.3) is 0 Å². The van der Waals surface area contributed by atoms with Crippen LogP contribution in [0.3, 0.4) is 0 Å². The fourth-order valence-electron chi connectivity index (χ4n) is 3.39. The molecule has 128 valence electrons. The Morgan fingerprint density at radius 3 is 1.96 bits per heavy atom. The quantitative estimate of drug-likeness (QED) is 0.638. The molecule has 2 heteroatoms. The molecule has 2 fully saturated rings. The van der Waals surface area contributed by atoms with E-state index in [1.165, 1.54) is 19.3 Å². The third-order valence-electron chi connectivity index (χ3n) is 5.23. The summed E-state index contributed by atoms with van der Waals surface area (Å²) in [5.41, 5.74) is 0.311. The summed E-state index contributed by atoms with van der Waals surface area (Å²) in [7, 11) is 0. The molecule has 0 aromatic heterocycles. The highest BCUT2D eigenvalue weighted by molar-refractivity contribution is 5.30. The highest BCUT2D eigenvalue weighted by Gasteiger charge is 2.55. The first-order valence-electron chi connectivity index (χ1n) is 9.02. The van der Waals surface area contributed by atoms with Gasteiger partial charge in [-0.25, -0.2) is 0 Å². The van der Waals surface area contributed by atoms with E-state index < -0.39 is 0 Å². The Morgan fingerprint density at radius 1 is 0.958 bits per heavy atom. The van der Waals surface area contributed by atoms with Crippen LogP contribution in [-0.2, 0) is 4.74 Å². The van der Waals surface area contributed by atoms with Gasteiger partial charge >= 0.3 is 0 Å². The molecular weight excluding hydrogens is 296 g/mol. The van der Waals surface area contributed by atoms with Crippen molar-refractivity contribution in [3.05, 3.63) is 60.7 Å². The van der Waals surface area contributed by atoms with Crippen molar-refractivity contribution in [2.75, 3.05) is 0 Å². The zero-order valence-electron chi connectivity index (χ0n) is 14.9. The van der Waals surface area contributed by atoms with E-state index >= 15 is 0 Å². The average molecular weight is 324 g/mol. The maximum Gasteiger partial charge on any atom is 0.127 e. The minimum Gasteiger partial charge on any atom is -0.457 e. The van der Waals surface area contributed by atoms with Gasteiger partial charge in [-0.2, -0.15) is 0 Å². The number of rotatable bonds is 3. The maximum atomic E-state index is 5.65. The van der Waals surface area contributed by atoms with Gasteiger partial charge in [0.1, 0.15) is 11.5 Å². The second-order valence-electron chi connectivity index (χ2n) is 7.43. The Balaban J connectivity index is 0.000000143. The summed E-state index contributed by atoms with van der Waals surface area (Å²) in [6.45, 7) is 6.92. The molecule has 3 atom stereocenters. The third kappa shape index (κ3) is 4.39. The van der Waals surface area contributed by atoms with Gasteiger partial charge in [-0.1, -0.05) is 50.2 Å².